The molecule has 0 amide bonds. The van der Waals surface area contributed by atoms with Crippen LogP contribution in [0.25, 0.3) is 10.9 Å². The van der Waals surface area contributed by atoms with E-state index >= 15 is 0 Å². The number of aromatic nitrogens is 1. The van der Waals surface area contributed by atoms with Gasteiger partial charge < -0.3 is 5.32 Å². The molecule has 106 valence electrons. The van der Waals surface area contributed by atoms with E-state index in [4.69, 9.17) is 4.98 Å². The Bertz CT molecular complexity index is 762. The van der Waals surface area contributed by atoms with Crippen LogP contribution in [-0.2, 0) is 6.42 Å². The highest BCUT2D eigenvalue weighted by Crippen LogP contribution is 2.19. The predicted octanol–water partition coefficient (Wildman–Crippen LogP) is 4.51. The Balaban J connectivity index is 1.73. The lowest BCUT2D eigenvalue weighted by Crippen LogP contribution is -2.08. The van der Waals surface area contributed by atoms with Crippen molar-refractivity contribution in [3.63, 3.8) is 0 Å². The highest BCUT2D eigenvalue weighted by atomic mass is 15.0. The van der Waals surface area contributed by atoms with Crippen LogP contribution in [-0.4, -0.2) is 11.5 Å². The maximum atomic E-state index is 4.72. The molecule has 2 aromatic carbocycles. The second-order valence-corrected chi connectivity index (χ2v) is 5.45. The summed E-state index contributed by atoms with van der Waals surface area (Å²) < 4.78 is 0. The lowest BCUT2D eigenvalue weighted by Gasteiger charge is -2.11. The van der Waals surface area contributed by atoms with E-state index < -0.39 is 0 Å². The molecular formula is C19H20N2. The van der Waals surface area contributed by atoms with Crippen molar-refractivity contribution < 1.29 is 0 Å². The Hall–Kier alpha value is -2.35. The second-order valence-electron chi connectivity index (χ2n) is 5.45. The first-order valence-corrected chi connectivity index (χ1v) is 7.39. The molecule has 21 heavy (non-hydrogen) atoms. The Morgan fingerprint density at radius 2 is 1.67 bits per heavy atom. The first kappa shape index (κ1) is 13.6. The third-order valence-corrected chi connectivity index (χ3v) is 3.86. The molecule has 2 heteroatoms. The normalized spacial score (nSPS) is 10.8. The maximum Gasteiger partial charge on any atom is 0.129 e. The summed E-state index contributed by atoms with van der Waals surface area (Å²) in [5, 5.41) is 4.66. The van der Waals surface area contributed by atoms with Gasteiger partial charge >= 0.3 is 0 Å². The number of nitrogens with zero attached hydrogens (tertiary/aromatic N) is 1. The summed E-state index contributed by atoms with van der Waals surface area (Å²) in [5.41, 5.74) is 4.98. The first-order chi connectivity index (χ1) is 10.2. The summed E-state index contributed by atoms with van der Waals surface area (Å²) in [6, 6.07) is 19.0. The fraction of sp³-hybridized carbons (Fsp3) is 0.211. The molecule has 0 spiro atoms. The number of benzene rings is 2. The van der Waals surface area contributed by atoms with Crippen LogP contribution < -0.4 is 5.32 Å². The van der Waals surface area contributed by atoms with E-state index in [0.29, 0.717) is 0 Å². The average molecular weight is 276 g/mol. The van der Waals surface area contributed by atoms with Gasteiger partial charge in [-0.1, -0.05) is 42.5 Å². The molecule has 0 saturated heterocycles. The van der Waals surface area contributed by atoms with Gasteiger partial charge in [0.15, 0.2) is 0 Å². The van der Waals surface area contributed by atoms with Crippen molar-refractivity contribution >= 4 is 16.7 Å². The van der Waals surface area contributed by atoms with E-state index in [2.05, 4.69) is 67.7 Å². The SMILES string of the molecule is Cc1ccccc1CCNc1nc2ccccc2cc1C. The Labute approximate surface area is 125 Å². The van der Waals surface area contributed by atoms with Gasteiger partial charge in [0.05, 0.1) is 5.52 Å². The van der Waals surface area contributed by atoms with Gasteiger partial charge in [-0.15, -0.1) is 0 Å². The molecule has 0 aliphatic carbocycles. The number of hydrogen-bond acceptors (Lipinski definition) is 2. The zero-order valence-corrected chi connectivity index (χ0v) is 12.6. The zero-order valence-electron chi connectivity index (χ0n) is 12.6. The molecule has 0 aliphatic heterocycles. The summed E-state index contributed by atoms with van der Waals surface area (Å²) in [6.45, 7) is 5.17. The Morgan fingerprint density at radius 3 is 2.52 bits per heavy atom. The van der Waals surface area contributed by atoms with Gasteiger partial charge in [-0.3, -0.25) is 0 Å². The molecule has 3 aromatic rings. The quantitative estimate of drug-likeness (QED) is 0.758. The highest BCUT2D eigenvalue weighted by Gasteiger charge is 2.03. The standard InChI is InChI=1S/C19H20N2/c1-14-7-3-4-8-16(14)11-12-20-19-15(2)13-17-9-5-6-10-18(17)21-19/h3-10,13H,11-12H2,1-2H3,(H,20,21). The van der Waals surface area contributed by atoms with E-state index in [1.807, 2.05) is 6.07 Å². The zero-order chi connectivity index (χ0) is 14.7. The molecular weight excluding hydrogens is 256 g/mol. The summed E-state index contributed by atoms with van der Waals surface area (Å²) >= 11 is 0. The summed E-state index contributed by atoms with van der Waals surface area (Å²) in [6.07, 6.45) is 1.01. The van der Waals surface area contributed by atoms with Crippen LogP contribution in [0.1, 0.15) is 16.7 Å². The number of fused-ring (bicyclic) bond motifs is 1. The molecule has 0 bridgehead atoms. The van der Waals surface area contributed by atoms with E-state index in [-0.39, 0.29) is 0 Å². The molecule has 0 fully saturated rings. The summed E-state index contributed by atoms with van der Waals surface area (Å²) in [5.74, 6) is 0.988. The van der Waals surface area contributed by atoms with Gasteiger partial charge in [0.1, 0.15) is 5.82 Å². The van der Waals surface area contributed by atoms with Crippen LogP contribution in [0, 0.1) is 13.8 Å². The van der Waals surface area contributed by atoms with Crippen molar-refractivity contribution in [3.8, 4) is 0 Å². The largest absolute Gasteiger partial charge is 0.370 e. The highest BCUT2D eigenvalue weighted by molar-refractivity contribution is 5.81. The van der Waals surface area contributed by atoms with Gasteiger partial charge in [0.2, 0.25) is 0 Å². The van der Waals surface area contributed by atoms with Crippen LogP contribution in [0.15, 0.2) is 54.6 Å². The minimum Gasteiger partial charge on any atom is -0.370 e. The van der Waals surface area contributed by atoms with Gasteiger partial charge in [0.25, 0.3) is 0 Å². The topological polar surface area (TPSA) is 24.9 Å². The smallest absolute Gasteiger partial charge is 0.129 e. The monoisotopic (exact) mass is 276 g/mol. The van der Waals surface area contributed by atoms with Crippen molar-refractivity contribution in [2.24, 2.45) is 0 Å². The van der Waals surface area contributed by atoms with Crippen LogP contribution >= 0.6 is 0 Å². The van der Waals surface area contributed by atoms with Crippen molar-refractivity contribution in [1.29, 1.82) is 0 Å². The molecule has 0 atom stereocenters. The van der Waals surface area contributed by atoms with E-state index in [1.165, 1.54) is 22.1 Å². The van der Waals surface area contributed by atoms with Gasteiger partial charge in [-0.25, -0.2) is 4.98 Å². The summed E-state index contributed by atoms with van der Waals surface area (Å²) in [7, 11) is 0. The van der Waals surface area contributed by atoms with Crippen LogP contribution in [0.4, 0.5) is 5.82 Å². The van der Waals surface area contributed by atoms with E-state index in [1.54, 1.807) is 0 Å². The molecule has 2 nitrogen and oxygen atoms in total. The fourth-order valence-corrected chi connectivity index (χ4v) is 2.61. The van der Waals surface area contributed by atoms with Crippen molar-refractivity contribution in [2.75, 3.05) is 11.9 Å². The minimum absolute atomic E-state index is 0.900. The van der Waals surface area contributed by atoms with Gasteiger partial charge in [0, 0.05) is 11.9 Å². The molecule has 0 saturated carbocycles. The van der Waals surface area contributed by atoms with Crippen molar-refractivity contribution in [1.82, 2.24) is 4.98 Å². The Kier molecular flexibility index (Phi) is 3.87. The Morgan fingerprint density at radius 1 is 0.905 bits per heavy atom. The molecule has 1 heterocycles. The number of aryl methyl sites for hydroxylation is 2. The van der Waals surface area contributed by atoms with Gasteiger partial charge in [-0.2, -0.15) is 0 Å². The number of pyridine rings is 1. The van der Waals surface area contributed by atoms with Crippen molar-refractivity contribution in [2.45, 2.75) is 20.3 Å². The number of hydrogen-bond donors (Lipinski definition) is 1. The molecule has 1 N–H and O–H groups in total. The number of anilines is 1. The lowest BCUT2D eigenvalue weighted by atomic mass is 10.1. The summed E-state index contributed by atoms with van der Waals surface area (Å²) in [4.78, 5) is 4.72. The maximum absolute atomic E-state index is 4.72. The average Bonchev–Trinajstić information content (AvgIpc) is 2.49. The fourth-order valence-electron chi connectivity index (χ4n) is 2.61. The number of rotatable bonds is 4. The van der Waals surface area contributed by atoms with E-state index in [0.717, 1.165) is 24.3 Å². The van der Waals surface area contributed by atoms with E-state index in [9.17, 15) is 0 Å². The van der Waals surface area contributed by atoms with Gasteiger partial charge in [-0.05, 0) is 49.1 Å². The predicted molar refractivity (Wildman–Crippen MR) is 89.9 cm³/mol. The molecule has 0 unspecified atom stereocenters. The van der Waals surface area contributed by atoms with Crippen LogP contribution in [0.5, 0.6) is 0 Å². The number of nitrogens with one attached hydrogen (secondary N) is 1. The minimum atomic E-state index is 0.900. The molecule has 0 aliphatic rings. The molecule has 1 aromatic heterocycles. The van der Waals surface area contributed by atoms with Crippen LogP contribution in [0.2, 0.25) is 0 Å². The van der Waals surface area contributed by atoms with Crippen LogP contribution in [0.3, 0.4) is 0 Å². The molecule has 3 rings (SSSR count). The molecule has 0 radical (unpaired) electrons. The first-order valence-electron chi connectivity index (χ1n) is 7.39. The lowest BCUT2D eigenvalue weighted by molar-refractivity contribution is 0.993. The third-order valence-electron chi connectivity index (χ3n) is 3.86. The third kappa shape index (κ3) is 3.05. The van der Waals surface area contributed by atoms with Crippen molar-refractivity contribution in [3.05, 3.63) is 71.3 Å². The second kappa shape index (κ2) is 5.96. The number of para-hydroxylation sites is 1.